The summed E-state index contributed by atoms with van der Waals surface area (Å²) < 4.78 is 4.96. The van der Waals surface area contributed by atoms with Crippen molar-refractivity contribution >= 4 is 11.8 Å². The summed E-state index contributed by atoms with van der Waals surface area (Å²) in [6, 6.07) is 6.37. The number of hydrogen-bond donors (Lipinski definition) is 3. The van der Waals surface area contributed by atoms with E-state index in [0.29, 0.717) is 12.1 Å². The number of rotatable bonds is 3. The van der Waals surface area contributed by atoms with Gasteiger partial charge in [0, 0.05) is 16.8 Å². The van der Waals surface area contributed by atoms with Crippen LogP contribution in [0.3, 0.4) is 0 Å². The molecular formula is C16H17NO5. The average molecular weight is 303 g/mol. The average Bonchev–Trinajstić information content (AvgIpc) is 2.84. The van der Waals surface area contributed by atoms with E-state index in [1.54, 1.807) is 32.0 Å². The van der Waals surface area contributed by atoms with Gasteiger partial charge < -0.3 is 20.3 Å². The molecule has 6 nitrogen and oxygen atoms in total. The summed E-state index contributed by atoms with van der Waals surface area (Å²) in [4.78, 5) is 25.0. The van der Waals surface area contributed by atoms with Crippen LogP contribution in [0, 0.1) is 0 Å². The fourth-order valence-electron chi connectivity index (χ4n) is 3.24. The van der Waals surface area contributed by atoms with Gasteiger partial charge in [0.2, 0.25) is 17.1 Å². The summed E-state index contributed by atoms with van der Waals surface area (Å²) in [5.41, 5.74) is -3.86. The van der Waals surface area contributed by atoms with Crippen LogP contribution in [0.2, 0.25) is 0 Å². The van der Waals surface area contributed by atoms with Gasteiger partial charge in [-0.3, -0.25) is 4.79 Å². The first kappa shape index (κ1) is 14.7. The molecule has 116 valence electrons. The van der Waals surface area contributed by atoms with Crippen LogP contribution in [0.4, 0.5) is 0 Å². The summed E-state index contributed by atoms with van der Waals surface area (Å²) in [7, 11) is 0. The van der Waals surface area contributed by atoms with Crippen LogP contribution >= 0.6 is 0 Å². The number of hydrogen-bond acceptors (Lipinski definition) is 6. The van der Waals surface area contributed by atoms with Crippen molar-refractivity contribution < 1.29 is 24.5 Å². The molecule has 0 amide bonds. The number of allylic oxidation sites excluding steroid dienone is 1. The van der Waals surface area contributed by atoms with Crippen LogP contribution in [0.15, 0.2) is 35.5 Å². The quantitative estimate of drug-likeness (QED) is 0.707. The lowest BCUT2D eigenvalue weighted by Crippen LogP contribution is -2.56. The zero-order chi connectivity index (χ0) is 16.1. The maximum atomic E-state index is 12.7. The molecule has 0 radical (unpaired) electrons. The van der Waals surface area contributed by atoms with Gasteiger partial charge >= 0.3 is 5.97 Å². The van der Waals surface area contributed by atoms with Gasteiger partial charge in [-0.05, 0) is 13.3 Å². The van der Waals surface area contributed by atoms with E-state index in [0.717, 1.165) is 0 Å². The van der Waals surface area contributed by atoms with Crippen molar-refractivity contribution in [3.8, 4) is 0 Å². The van der Waals surface area contributed by atoms with Crippen LogP contribution in [-0.2, 0) is 15.3 Å². The van der Waals surface area contributed by atoms with Crippen LogP contribution in [-0.4, -0.2) is 34.2 Å². The number of benzene rings is 1. The second kappa shape index (κ2) is 4.66. The van der Waals surface area contributed by atoms with E-state index in [9.17, 15) is 19.8 Å². The van der Waals surface area contributed by atoms with E-state index in [1.807, 2.05) is 0 Å². The highest BCUT2D eigenvalue weighted by molar-refractivity contribution is 6.16. The highest BCUT2D eigenvalue weighted by atomic mass is 16.5. The van der Waals surface area contributed by atoms with E-state index in [4.69, 9.17) is 4.74 Å². The van der Waals surface area contributed by atoms with Crippen molar-refractivity contribution in [1.29, 1.82) is 0 Å². The molecule has 0 aromatic heterocycles. The Hall–Kier alpha value is -2.18. The van der Waals surface area contributed by atoms with E-state index in [1.165, 1.54) is 6.07 Å². The van der Waals surface area contributed by atoms with E-state index in [-0.39, 0.29) is 23.3 Å². The topological polar surface area (TPSA) is 95.9 Å². The Bertz CT molecular complexity index is 710. The van der Waals surface area contributed by atoms with Gasteiger partial charge in [0.25, 0.3) is 0 Å². The Labute approximate surface area is 127 Å². The van der Waals surface area contributed by atoms with Crippen molar-refractivity contribution in [3.05, 3.63) is 46.7 Å². The second-order valence-electron chi connectivity index (χ2n) is 5.35. The molecule has 6 heteroatoms. The third kappa shape index (κ3) is 1.51. The Morgan fingerprint density at radius 1 is 1.27 bits per heavy atom. The molecule has 1 aromatic carbocycles. The monoisotopic (exact) mass is 303 g/mol. The van der Waals surface area contributed by atoms with Gasteiger partial charge in [0.1, 0.15) is 5.57 Å². The molecule has 1 aliphatic heterocycles. The maximum Gasteiger partial charge on any atom is 0.339 e. The fraction of sp³-hybridized carbons (Fsp3) is 0.375. The molecular weight excluding hydrogens is 286 g/mol. The minimum Gasteiger partial charge on any atom is -0.462 e. The van der Waals surface area contributed by atoms with Gasteiger partial charge in [-0.25, -0.2) is 4.79 Å². The molecule has 3 rings (SSSR count). The van der Waals surface area contributed by atoms with Gasteiger partial charge in [-0.15, -0.1) is 0 Å². The maximum absolute atomic E-state index is 12.7. The van der Waals surface area contributed by atoms with Crippen LogP contribution in [0.5, 0.6) is 0 Å². The standard InChI is InChI=1S/C16H17NO5/c1-3-11-12(14(19)22-4-2)15(20)13(18)9-7-5-6-8-10(9)16(15,21)17-11/h5-8,17,20-21H,3-4H2,1-2H3/t15-,16+/m0/s1. The molecule has 0 spiro atoms. The Morgan fingerprint density at radius 2 is 1.95 bits per heavy atom. The number of Topliss-reactive ketones (excluding diaryl/α,β-unsaturated/α-hetero) is 1. The molecule has 1 aromatic rings. The van der Waals surface area contributed by atoms with Crippen molar-refractivity contribution in [2.24, 2.45) is 0 Å². The van der Waals surface area contributed by atoms with Crippen LogP contribution < -0.4 is 5.32 Å². The van der Waals surface area contributed by atoms with Crippen molar-refractivity contribution in [2.45, 2.75) is 31.6 Å². The lowest BCUT2D eigenvalue weighted by molar-refractivity contribution is -0.146. The van der Waals surface area contributed by atoms with Gasteiger partial charge in [0.15, 0.2) is 0 Å². The normalized spacial score (nSPS) is 29.2. The molecule has 3 N–H and O–H groups in total. The largest absolute Gasteiger partial charge is 0.462 e. The summed E-state index contributed by atoms with van der Waals surface area (Å²) in [5.74, 6) is -1.50. The predicted octanol–water partition coefficient (Wildman–Crippen LogP) is 0.590. The van der Waals surface area contributed by atoms with E-state index >= 15 is 0 Å². The van der Waals surface area contributed by atoms with E-state index in [2.05, 4.69) is 5.32 Å². The van der Waals surface area contributed by atoms with E-state index < -0.39 is 23.1 Å². The number of carbonyl (C=O) groups excluding carboxylic acids is 2. The third-order valence-corrected chi connectivity index (χ3v) is 4.24. The number of nitrogens with one attached hydrogen (secondary N) is 1. The molecule has 2 aliphatic rings. The minimum atomic E-state index is -2.37. The van der Waals surface area contributed by atoms with Crippen molar-refractivity contribution in [2.75, 3.05) is 6.61 Å². The third-order valence-electron chi connectivity index (χ3n) is 4.24. The summed E-state index contributed by atoms with van der Waals surface area (Å²) in [5, 5.41) is 24.7. The lowest BCUT2D eigenvalue weighted by Gasteiger charge is -2.31. The minimum absolute atomic E-state index is 0.106. The lowest BCUT2D eigenvalue weighted by atomic mass is 9.85. The molecule has 0 saturated heterocycles. The smallest absolute Gasteiger partial charge is 0.339 e. The Morgan fingerprint density at radius 3 is 2.59 bits per heavy atom. The zero-order valence-electron chi connectivity index (χ0n) is 12.3. The first-order valence-electron chi connectivity index (χ1n) is 7.19. The number of esters is 1. The summed E-state index contributed by atoms with van der Waals surface area (Å²) in [6.07, 6.45) is 0.341. The SMILES string of the molecule is CCOC(=O)C1=C(CC)N[C@@]2(O)c3ccccc3C(=O)[C@@]12O. The Kier molecular flexibility index (Phi) is 3.12. The molecule has 0 bridgehead atoms. The predicted molar refractivity (Wildman–Crippen MR) is 76.7 cm³/mol. The number of fused-ring (bicyclic) bond motifs is 3. The molecule has 22 heavy (non-hydrogen) atoms. The molecule has 0 unspecified atom stereocenters. The number of aliphatic hydroxyl groups is 2. The highest BCUT2D eigenvalue weighted by Crippen LogP contribution is 2.51. The van der Waals surface area contributed by atoms with Gasteiger partial charge in [-0.2, -0.15) is 0 Å². The molecule has 0 saturated carbocycles. The van der Waals surface area contributed by atoms with Gasteiger partial charge in [-0.1, -0.05) is 31.2 Å². The summed E-state index contributed by atoms with van der Waals surface area (Å²) in [6.45, 7) is 3.49. The first-order valence-corrected chi connectivity index (χ1v) is 7.19. The van der Waals surface area contributed by atoms with Crippen LogP contribution in [0.25, 0.3) is 0 Å². The fourth-order valence-corrected chi connectivity index (χ4v) is 3.24. The van der Waals surface area contributed by atoms with Gasteiger partial charge in [0.05, 0.1) is 6.61 Å². The summed E-state index contributed by atoms with van der Waals surface area (Å²) >= 11 is 0. The number of ether oxygens (including phenoxy) is 1. The zero-order valence-corrected chi connectivity index (χ0v) is 12.3. The highest BCUT2D eigenvalue weighted by Gasteiger charge is 2.70. The number of ketones is 1. The first-order chi connectivity index (χ1) is 10.4. The Balaban J connectivity index is 2.23. The van der Waals surface area contributed by atoms with Crippen LogP contribution in [0.1, 0.15) is 36.2 Å². The molecule has 1 aliphatic carbocycles. The molecule has 0 fully saturated rings. The number of carbonyl (C=O) groups is 2. The second-order valence-corrected chi connectivity index (χ2v) is 5.35. The van der Waals surface area contributed by atoms with Crippen molar-refractivity contribution in [1.82, 2.24) is 5.32 Å². The van der Waals surface area contributed by atoms with Crippen molar-refractivity contribution in [3.63, 3.8) is 0 Å². The molecule has 2 atom stereocenters. The molecule has 1 heterocycles.